The number of ether oxygens (including phenoxy) is 3. The predicted octanol–water partition coefficient (Wildman–Crippen LogP) is 5.31. The molecule has 1 aromatic rings. The Bertz CT molecular complexity index is 591. The third kappa shape index (κ3) is 11.1. The quantitative estimate of drug-likeness (QED) is 0.667. The van der Waals surface area contributed by atoms with Gasteiger partial charge in [0.05, 0.1) is 14.2 Å². The average molecular weight is 410 g/mol. The molecule has 0 bridgehead atoms. The molecule has 1 unspecified atom stereocenters. The molecule has 0 spiro atoms. The molecule has 0 saturated heterocycles. The van der Waals surface area contributed by atoms with Gasteiger partial charge in [-0.1, -0.05) is 32.8 Å². The van der Waals surface area contributed by atoms with Crippen LogP contribution in [0.4, 0.5) is 0 Å². The first-order valence-corrected chi connectivity index (χ1v) is 10.8. The summed E-state index contributed by atoms with van der Waals surface area (Å²) in [4.78, 5) is 10.2. The van der Waals surface area contributed by atoms with E-state index >= 15 is 0 Å². The first-order valence-electron chi connectivity index (χ1n) is 10.8. The maximum atomic E-state index is 10.2. The second-order valence-corrected chi connectivity index (χ2v) is 8.33. The minimum Gasteiger partial charge on any atom is -0.493 e. The van der Waals surface area contributed by atoms with Gasteiger partial charge in [0.15, 0.2) is 11.5 Å². The maximum Gasteiger partial charge on any atom is 0.303 e. The Kier molecular flexibility index (Phi) is 13.4. The fraction of sp³-hybridized carbons (Fsp3) is 0.708. The lowest BCUT2D eigenvalue weighted by molar-refractivity contribution is -0.151. The number of carbonyl (C=O) groups excluding carboxylic acids is 1. The molecule has 168 valence electrons. The van der Waals surface area contributed by atoms with Crippen LogP contribution in [0.15, 0.2) is 12.1 Å². The normalized spacial score (nSPS) is 15.0. The Morgan fingerprint density at radius 1 is 1.14 bits per heavy atom. The van der Waals surface area contributed by atoms with Gasteiger partial charge in [-0.3, -0.25) is 4.79 Å². The summed E-state index contributed by atoms with van der Waals surface area (Å²) < 4.78 is 15.7. The zero-order valence-corrected chi connectivity index (χ0v) is 19.9. The van der Waals surface area contributed by atoms with E-state index in [-0.39, 0.29) is 11.6 Å². The van der Waals surface area contributed by atoms with Crippen molar-refractivity contribution >= 4 is 5.97 Å². The number of benzene rings is 1. The van der Waals surface area contributed by atoms with E-state index in [9.17, 15) is 4.79 Å². The summed E-state index contributed by atoms with van der Waals surface area (Å²) in [5.74, 6) is 2.43. The van der Waals surface area contributed by atoms with E-state index in [0.29, 0.717) is 0 Å². The smallest absolute Gasteiger partial charge is 0.303 e. The van der Waals surface area contributed by atoms with Gasteiger partial charge in [0, 0.05) is 12.5 Å². The topological polar surface area (TPSA) is 70.8 Å². The van der Waals surface area contributed by atoms with Crippen LogP contribution in [-0.2, 0) is 22.4 Å². The predicted molar refractivity (Wildman–Crippen MR) is 121 cm³/mol. The van der Waals surface area contributed by atoms with Crippen LogP contribution in [-0.4, -0.2) is 32.3 Å². The van der Waals surface area contributed by atoms with Crippen LogP contribution in [0.2, 0.25) is 0 Å². The van der Waals surface area contributed by atoms with Gasteiger partial charge in [0.25, 0.3) is 0 Å². The molecule has 1 aromatic carbocycles. The lowest BCUT2D eigenvalue weighted by Crippen LogP contribution is -2.21. The molecular formula is C24H43NO4. The summed E-state index contributed by atoms with van der Waals surface area (Å²) in [5, 5.41) is 0. The second kappa shape index (κ2) is 14.3. The minimum absolute atomic E-state index is 0.225. The Labute approximate surface area is 178 Å². The number of nitrogens with two attached hydrogens (primary N) is 1. The minimum atomic E-state index is -0.328. The van der Waals surface area contributed by atoms with Crippen molar-refractivity contribution in [1.29, 1.82) is 0 Å². The highest BCUT2D eigenvalue weighted by molar-refractivity contribution is 5.66. The molecule has 0 aromatic heterocycles. The molecule has 1 aliphatic rings. The molecule has 0 saturated carbocycles. The van der Waals surface area contributed by atoms with Crippen LogP contribution in [0, 0.1) is 5.92 Å². The standard InChI is InChI=1S/C15H22O2.C6H12O2.C3H9N/c1-4-5-11-6-8-13-12(10-11)7-9-14(16-2)15(13)17-3;1-5(7)8-6(2,3)4;1-2-3-4/h7,9,11H,4-6,8,10H2,1-3H3;1-4H3;2-4H2,1H3. The molecule has 29 heavy (non-hydrogen) atoms. The van der Waals surface area contributed by atoms with Crippen LogP contribution in [0.1, 0.15) is 78.4 Å². The van der Waals surface area contributed by atoms with Crippen LogP contribution >= 0.6 is 0 Å². The molecule has 0 amide bonds. The summed E-state index contributed by atoms with van der Waals surface area (Å²) in [6.45, 7) is 12.1. The summed E-state index contributed by atoms with van der Waals surface area (Å²) in [5.41, 5.74) is 7.51. The zero-order valence-electron chi connectivity index (χ0n) is 19.9. The lowest BCUT2D eigenvalue weighted by Gasteiger charge is -2.26. The van der Waals surface area contributed by atoms with Crippen molar-refractivity contribution in [2.75, 3.05) is 20.8 Å². The van der Waals surface area contributed by atoms with Crippen molar-refractivity contribution in [3.63, 3.8) is 0 Å². The molecule has 0 fully saturated rings. The maximum absolute atomic E-state index is 10.2. The Hall–Kier alpha value is -1.75. The van der Waals surface area contributed by atoms with Crippen molar-refractivity contribution in [3.05, 3.63) is 23.3 Å². The monoisotopic (exact) mass is 409 g/mol. The van der Waals surface area contributed by atoms with Gasteiger partial charge in [0.1, 0.15) is 5.60 Å². The molecule has 1 aliphatic carbocycles. The van der Waals surface area contributed by atoms with Gasteiger partial charge in [0.2, 0.25) is 0 Å². The van der Waals surface area contributed by atoms with E-state index < -0.39 is 0 Å². The highest BCUT2D eigenvalue weighted by Gasteiger charge is 2.22. The third-order valence-electron chi connectivity index (χ3n) is 4.49. The second-order valence-electron chi connectivity index (χ2n) is 8.33. The molecule has 1 atom stereocenters. The summed E-state index contributed by atoms with van der Waals surface area (Å²) >= 11 is 0. The van der Waals surface area contributed by atoms with E-state index in [1.165, 1.54) is 43.7 Å². The van der Waals surface area contributed by atoms with Crippen LogP contribution in [0.3, 0.4) is 0 Å². The SMILES string of the molecule is CC(=O)OC(C)(C)C.CCCC1CCc2c(ccc(OC)c2OC)C1.CCCN. The van der Waals surface area contributed by atoms with Gasteiger partial charge in [-0.15, -0.1) is 0 Å². The highest BCUT2D eigenvalue weighted by Crippen LogP contribution is 2.39. The van der Waals surface area contributed by atoms with Gasteiger partial charge in [-0.25, -0.2) is 0 Å². The van der Waals surface area contributed by atoms with Crippen molar-refractivity contribution in [2.45, 2.75) is 85.7 Å². The van der Waals surface area contributed by atoms with Crippen LogP contribution in [0.25, 0.3) is 0 Å². The highest BCUT2D eigenvalue weighted by atomic mass is 16.6. The molecule has 2 rings (SSSR count). The summed E-state index contributed by atoms with van der Waals surface area (Å²) in [6, 6.07) is 4.24. The van der Waals surface area contributed by atoms with Crippen molar-refractivity contribution in [3.8, 4) is 11.5 Å². The molecule has 2 N–H and O–H groups in total. The first-order chi connectivity index (χ1) is 13.6. The summed E-state index contributed by atoms with van der Waals surface area (Å²) in [6.07, 6.45) is 7.33. The first kappa shape index (κ1) is 27.2. The fourth-order valence-corrected chi connectivity index (χ4v) is 3.34. The number of methoxy groups -OCH3 is 2. The van der Waals surface area contributed by atoms with Crippen LogP contribution < -0.4 is 15.2 Å². The number of hydrogen-bond donors (Lipinski definition) is 1. The van der Waals surface area contributed by atoms with Gasteiger partial charge in [-0.05, 0) is 70.5 Å². The molecule has 0 radical (unpaired) electrons. The number of fused-ring (bicyclic) bond motifs is 1. The summed E-state index contributed by atoms with van der Waals surface area (Å²) in [7, 11) is 3.43. The number of esters is 1. The molecule has 0 heterocycles. The van der Waals surface area contributed by atoms with E-state index in [1.807, 2.05) is 26.8 Å². The molecular weight excluding hydrogens is 366 g/mol. The number of hydrogen-bond acceptors (Lipinski definition) is 5. The van der Waals surface area contributed by atoms with E-state index in [0.717, 1.165) is 36.8 Å². The lowest BCUT2D eigenvalue weighted by atomic mass is 9.81. The van der Waals surface area contributed by atoms with Crippen molar-refractivity contribution in [2.24, 2.45) is 11.7 Å². The van der Waals surface area contributed by atoms with Crippen LogP contribution in [0.5, 0.6) is 11.5 Å². The molecule has 0 aliphatic heterocycles. The zero-order chi connectivity index (χ0) is 22.4. The number of rotatable bonds is 5. The van der Waals surface area contributed by atoms with Crippen molar-refractivity contribution < 1.29 is 19.0 Å². The van der Waals surface area contributed by atoms with Crippen molar-refractivity contribution in [1.82, 2.24) is 0 Å². The fourth-order valence-electron chi connectivity index (χ4n) is 3.34. The largest absolute Gasteiger partial charge is 0.493 e. The molecule has 5 heteroatoms. The Balaban J connectivity index is 0.000000547. The Morgan fingerprint density at radius 3 is 2.14 bits per heavy atom. The van der Waals surface area contributed by atoms with E-state index in [2.05, 4.69) is 19.9 Å². The number of carbonyl (C=O) groups is 1. The van der Waals surface area contributed by atoms with E-state index in [4.69, 9.17) is 19.9 Å². The van der Waals surface area contributed by atoms with E-state index in [1.54, 1.807) is 14.2 Å². The Morgan fingerprint density at radius 2 is 1.76 bits per heavy atom. The van der Waals surface area contributed by atoms with Gasteiger partial charge in [-0.2, -0.15) is 0 Å². The van der Waals surface area contributed by atoms with Gasteiger partial charge < -0.3 is 19.9 Å². The molecule has 5 nitrogen and oxygen atoms in total. The van der Waals surface area contributed by atoms with Gasteiger partial charge >= 0.3 is 5.97 Å². The third-order valence-corrected chi connectivity index (χ3v) is 4.49. The average Bonchev–Trinajstić information content (AvgIpc) is 2.65.